The van der Waals surface area contributed by atoms with Crippen LogP contribution < -0.4 is 15.8 Å². The molecule has 0 unspecified atom stereocenters. The number of nitrogens with zero attached hydrogens (tertiary/aromatic N) is 2. The summed E-state index contributed by atoms with van der Waals surface area (Å²) in [6.07, 6.45) is 1.57. The van der Waals surface area contributed by atoms with Gasteiger partial charge in [0.2, 0.25) is 0 Å². The Balaban J connectivity index is 2.29. The molecule has 0 atom stereocenters. The van der Waals surface area contributed by atoms with Gasteiger partial charge in [-0.3, -0.25) is 14.3 Å². The first kappa shape index (κ1) is 15.6. The zero-order valence-electron chi connectivity index (χ0n) is 12.5. The Hall–Kier alpha value is -2.83. The molecule has 0 aliphatic heterocycles. The van der Waals surface area contributed by atoms with Gasteiger partial charge in [-0.05, 0) is 26.0 Å². The van der Waals surface area contributed by atoms with E-state index < -0.39 is 5.91 Å². The summed E-state index contributed by atoms with van der Waals surface area (Å²) in [6, 6.07) is 6.88. The monoisotopic (exact) mass is 302 g/mol. The number of carbonyl (C=O) groups is 2. The first-order valence-electron chi connectivity index (χ1n) is 6.97. The molecule has 2 rings (SSSR count). The first-order valence-corrected chi connectivity index (χ1v) is 6.97. The average molecular weight is 302 g/mol. The minimum absolute atomic E-state index is 0.0316. The lowest BCUT2D eigenvalue weighted by Gasteiger charge is -2.09. The van der Waals surface area contributed by atoms with E-state index in [0.717, 1.165) is 0 Å². The summed E-state index contributed by atoms with van der Waals surface area (Å²) in [5, 5.41) is 6.69. The number of nitrogens with one attached hydrogen (secondary N) is 1. The number of nitrogens with two attached hydrogens (primary N) is 1. The molecule has 0 bridgehead atoms. The summed E-state index contributed by atoms with van der Waals surface area (Å²) >= 11 is 0. The lowest BCUT2D eigenvalue weighted by molar-refractivity contribution is 0.0995. The standard InChI is InChI=1S/C15H18N4O3/c1-3-19-9-11(13(18-19)14(16)20)17-15(21)10-7-5-6-8-12(10)22-4-2/h5-9H,3-4H2,1-2H3,(H2,16,20)(H,17,21). The SMILES string of the molecule is CCOc1ccccc1C(=O)Nc1cn(CC)nc1C(N)=O. The van der Waals surface area contributed by atoms with Gasteiger partial charge >= 0.3 is 0 Å². The molecule has 22 heavy (non-hydrogen) atoms. The van der Waals surface area contributed by atoms with Gasteiger partial charge in [0, 0.05) is 12.7 Å². The van der Waals surface area contributed by atoms with E-state index in [1.165, 1.54) is 4.68 Å². The Labute approximate surface area is 128 Å². The second-order valence-electron chi connectivity index (χ2n) is 4.49. The molecule has 0 spiro atoms. The molecule has 1 aromatic heterocycles. The molecular formula is C15H18N4O3. The van der Waals surface area contributed by atoms with Gasteiger partial charge in [0.05, 0.1) is 17.9 Å². The van der Waals surface area contributed by atoms with E-state index >= 15 is 0 Å². The quantitative estimate of drug-likeness (QED) is 0.847. The van der Waals surface area contributed by atoms with Gasteiger partial charge in [-0.1, -0.05) is 12.1 Å². The normalized spacial score (nSPS) is 10.3. The van der Waals surface area contributed by atoms with Crippen LogP contribution in [0.3, 0.4) is 0 Å². The Morgan fingerprint density at radius 2 is 2.05 bits per heavy atom. The van der Waals surface area contributed by atoms with Crippen molar-refractivity contribution < 1.29 is 14.3 Å². The number of para-hydroxylation sites is 1. The highest BCUT2D eigenvalue weighted by molar-refractivity contribution is 6.09. The molecule has 3 N–H and O–H groups in total. The van der Waals surface area contributed by atoms with Crippen LogP contribution in [-0.2, 0) is 6.54 Å². The second-order valence-corrected chi connectivity index (χ2v) is 4.49. The summed E-state index contributed by atoms with van der Waals surface area (Å²) in [5.74, 6) is -0.603. The van der Waals surface area contributed by atoms with Gasteiger partial charge in [-0.2, -0.15) is 5.10 Å². The Bertz CT molecular complexity index is 694. The predicted molar refractivity (Wildman–Crippen MR) is 82.0 cm³/mol. The molecule has 0 fully saturated rings. The highest BCUT2D eigenvalue weighted by Crippen LogP contribution is 2.21. The number of aryl methyl sites for hydroxylation is 1. The van der Waals surface area contributed by atoms with Crippen LogP contribution in [0.15, 0.2) is 30.5 Å². The number of anilines is 1. The minimum atomic E-state index is -0.694. The van der Waals surface area contributed by atoms with E-state index in [1.54, 1.807) is 30.5 Å². The number of primary amides is 1. The van der Waals surface area contributed by atoms with Crippen LogP contribution in [0, 0.1) is 0 Å². The maximum absolute atomic E-state index is 12.4. The van der Waals surface area contributed by atoms with E-state index in [-0.39, 0.29) is 17.3 Å². The van der Waals surface area contributed by atoms with Gasteiger partial charge in [0.15, 0.2) is 5.69 Å². The summed E-state index contributed by atoms with van der Waals surface area (Å²) in [7, 11) is 0. The molecule has 1 heterocycles. The fourth-order valence-corrected chi connectivity index (χ4v) is 1.98. The van der Waals surface area contributed by atoms with Crippen LogP contribution in [0.2, 0.25) is 0 Å². The summed E-state index contributed by atoms with van der Waals surface area (Å²) in [4.78, 5) is 23.8. The van der Waals surface area contributed by atoms with Crippen LogP contribution in [0.1, 0.15) is 34.7 Å². The largest absolute Gasteiger partial charge is 0.493 e. The maximum atomic E-state index is 12.4. The average Bonchev–Trinajstić information content (AvgIpc) is 2.91. The number of ether oxygens (including phenoxy) is 1. The number of benzene rings is 1. The fourth-order valence-electron chi connectivity index (χ4n) is 1.98. The third-order valence-electron chi connectivity index (χ3n) is 3.00. The van der Waals surface area contributed by atoms with Gasteiger partial charge in [0.25, 0.3) is 11.8 Å². The smallest absolute Gasteiger partial charge is 0.271 e. The molecule has 0 aliphatic carbocycles. The lowest BCUT2D eigenvalue weighted by Crippen LogP contribution is -2.18. The van der Waals surface area contributed by atoms with Crippen LogP contribution in [-0.4, -0.2) is 28.2 Å². The van der Waals surface area contributed by atoms with Crippen molar-refractivity contribution in [1.82, 2.24) is 9.78 Å². The van der Waals surface area contributed by atoms with Crippen molar-refractivity contribution in [2.45, 2.75) is 20.4 Å². The number of hydrogen-bond donors (Lipinski definition) is 2. The third kappa shape index (κ3) is 3.25. The fraction of sp³-hybridized carbons (Fsp3) is 0.267. The molecule has 116 valence electrons. The molecule has 0 radical (unpaired) electrons. The Morgan fingerprint density at radius 1 is 1.32 bits per heavy atom. The highest BCUT2D eigenvalue weighted by Gasteiger charge is 2.18. The van der Waals surface area contributed by atoms with Gasteiger partial charge < -0.3 is 15.8 Å². The van der Waals surface area contributed by atoms with Crippen molar-refractivity contribution in [2.24, 2.45) is 5.73 Å². The molecule has 0 aliphatic rings. The number of hydrogen-bond acceptors (Lipinski definition) is 4. The third-order valence-corrected chi connectivity index (χ3v) is 3.00. The minimum Gasteiger partial charge on any atom is -0.493 e. The van der Waals surface area contributed by atoms with Crippen molar-refractivity contribution >= 4 is 17.5 Å². The predicted octanol–water partition coefficient (Wildman–Crippen LogP) is 1.65. The maximum Gasteiger partial charge on any atom is 0.271 e. The Kier molecular flexibility index (Phi) is 4.77. The van der Waals surface area contributed by atoms with Crippen molar-refractivity contribution in [1.29, 1.82) is 0 Å². The number of aromatic nitrogens is 2. The topological polar surface area (TPSA) is 99.2 Å². The molecule has 7 heteroatoms. The van der Waals surface area contributed by atoms with Crippen LogP contribution >= 0.6 is 0 Å². The summed E-state index contributed by atoms with van der Waals surface area (Å²) in [6.45, 7) is 4.72. The zero-order chi connectivity index (χ0) is 16.1. The van der Waals surface area contributed by atoms with Crippen LogP contribution in [0.5, 0.6) is 5.75 Å². The molecule has 7 nitrogen and oxygen atoms in total. The van der Waals surface area contributed by atoms with E-state index in [2.05, 4.69) is 10.4 Å². The van der Waals surface area contributed by atoms with Gasteiger partial charge in [0.1, 0.15) is 5.75 Å². The van der Waals surface area contributed by atoms with E-state index in [9.17, 15) is 9.59 Å². The van der Waals surface area contributed by atoms with Crippen molar-refractivity contribution in [3.63, 3.8) is 0 Å². The highest BCUT2D eigenvalue weighted by atomic mass is 16.5. The van der Waals surface area contributed by atoms with Gasteiger partial charge in [-0.15, -0.1) is 0 Å². The summed E-state index contributed by atoms with van der Waals surface area (Å²) in [5.41, 5.74) is 5.98. The molecule has 0 saturated carbocycles. The Morgan fingerprint density at radius 3 is 2.68 bits per heavy atom. The van der Waals surface area contributed by atoms with Crippen molar-refractivity contribution in [3.8, 4) is 5.75 Å². The van der Waals surface area contributed by atoms with Gasteiger partial charge in [-0.25, -0.2) is 0 Å². The number of carbonyl (C=O) groups excluding carboxylic acids is 2. The first-order chi connectivity index (χ1) is 10.6. The molecule has 2 aromatic rings. The zero-order valence-corrected chi connectivity index (χ0v) is 12.5. The second kappa shape index (κ2) is 6.75. The molecule has 2 amide bonds. The van der Waals surface area contributed by atoms with Crippen LogP contribution in [0.4, 0.5) is 5.69 Å². The lowest BCUT2D eigenvalue weighted by atomic mass is 10.2. The van der Waals surface area contributed by atoms with E-state index in [4.69, 9.17) is 10.5 Å². The number of amides is 2. The van der Waals surface area contributed by atoms with E-state index in [0.29, 0.717) is 24.5 Å². The molecular weight excluding hydrogens is 284 g/mol. The van der Waals surface area contributed by atoms with E-state index in [1.807, 2.05) is 13.8 Å². The van der Waals surface area contributed by atoms with Crippen molar-refractivity contribution in [3.05, 3.63) is 41.7 Å². The van der Waals surface area contributed by atoms with Crippen molar-refractivity contribution in [2.75, 3.05) is 11.9 Å². The molecule has 1 aromatic carbocycles. The molecule has 0 saturated heterocycles. The van der Waals surface area contributed by atoms with Crippen LogP contribution in [0.25, 0.3) is 0 Å². The number of rotatable bonds is 6. The summed E-state index contributed by atoms with van der Waals surface area (Å²) < 4.78 is 6.96.